The van der Waals surface area contributed by atoms with Gasteiger partial charge in [0, 0.05) is 25.2 Å². The van der Waals surface area contributed by atoms with E-state index in [2.05, 4.69) is 12.0 Å². The quantitative estimate of drug-likeness (QED) is 0.839. The molecule has 1 saturated heterocycles. The van der Waals surface area contributed by atoms with Crippen LogP contribution in [0, 0.1) is 5.92 Å². The van der Waals surface area contributed by atoms with Crippen molar-refractivity contribution in [1.82, 2.24) is 14.7 Å². The molecule has 1 saturated carbocycles. The Morgan fingerprint density at radius 1 is 1.22 bits per heavy atom. The summed E-state index contributed by atoms with van der Waals surface area (Å²) in [5.41, 5.74) is 0.300. The van der Waals surface area contributed by atoms with Crippen LogP contribution in [0.3, 0.4) is 0 Å². The van der Waals surface area contributed by atoms with Crippen LogP contribution in [0.15, 0.2) is 16.9 Å². The third-order valence-electron chi connectivity index (χ3n) is 5.31. The van der Waals surface area contributed by atoms with Gasteiger partial charge in [0.1, 0.15) is 5.69 Å². The third-order valence-corrected chi connectivity index (χ3v) is 5.31. The number of nitrogens with zero attached hydrogens (tertiary/aromatic N) is 3. The molecule has 126 valence electrons. The average molecular weight is 317 g/mol. The van der Waals surface area contributed by atoms with Gasteiger partial charge in [-0.25, -0.2) is 4.68 Å². The predicted octanol–water partition coefficient (Wildman–Crippen LogP) is 2.84. The number of hydrogen-bond acceptors (Lipinski definition) is 3. The monoisotopic (exact) mass is 317 g/mol. The van der Waals surface area contributed by atoms with Crippen molar-refractivity contribution in [2.24, 2.45) is 5.92 Å². The molecule has 2 aliphatic rings. The molecule has 0 radical (unpaired) electrons. The first-order valence-corrected chi connectivity index (χ1v) is 9.10. The van der Waals surface area contributed by atoms with E-state index >= 15 is 0 Å². The summed E-state index contributed by atoms with van der Waals surface area (Å²) in [6.45, 7) is 3.49. The topological polar surface area (TPSA) is 55.2 Å². The van der Waals surface area contributed by atoms with Gasteiger partial charge in [-0.15, -0.1) is 0 Å². The molecule has 2 heterocycles. The van der Waals surface area contributed by atoms with E-state index in [0.717, 1.165) is 32.2 Å². The standard InChI is InChI=1S/C18H27N3O2/c1-2-3-13-21-17(22)11-10-15(19-21)18(23)20-12-6-9-16(20)14-7-4-5-8-14/h10-11,14,16H,2-9,12-13H2,1H3/t16-/m0/s1. The van der Waals surface area contributed by atoms with Crippen LogP contribution in [0.1, 0.15) is 68.8 Å². The van der Waals surface area contributed by atoms with E-state index in [9.17, 15) is 9.59 Å². The molecule has 2 fully saturated rings. The van der Waals surface area contributed by atoms with Crippen LogP contribution in [0.2, 0.25) is 0 Å². The fourth-order valence-electron chi connectivity index (χ4n) is 4.06. The van der Waals surface area contributed by atoms with Gasteiger partial charge in [-0.05, 0) is 44.1 Å². The van der Waals surface area contributed by atoms with Crippen molar-refractivity contribution in [3.05, 3.63) is 28.2 Å². The molecule has 0 spiro atoms. The molecule has 1 aliphatic heterocycles. The highest BCUT2D eigenvalue weighted by Gasteiger charge is 2.36. The molecule has 0 unspecified atom stereocenters. The summed E-state index contributed by atoms with van der Waals surface area (Å²) < 4.78 is 1.44. The highest BCUT2D eigenvalue weighted by Crippen LogP contribution is 2.35. The Kier molecular flexibility index (Phi) is 5.13. The summed E-state index contributed by atoms with van der Waals surface area (Å²) in [7, 11) is 0. The first kappa shape index (κ1) is 16.2. The Hall–Kier alpha value is -1.65. The largest absolute Gasteiger partial charge is 0.334 e. The molecule has 0 aromatic carbocycles. The Labute approximate surface area is 137 Å². The summed E-state index contributed by atoms with van der Waals surface area (Å²) in [5.74, 6) is 0.664. The van der Waals surface area contributed by atoms with Gasteiger partial charge in [-0.1, -0.05) is 26.2 Å². The lowest BCUT2D eigenvalue weighted by atomic mass is 9.96. The van der Waals surface area contributed by atoms with Gasteiger partial charge >= 0.3 is 0 Å². The van der Waals surface area contributed by atoms with Crippen LogP contribution in [-0.2, 0) is 6.54 Å². The van der Waals surface area contributed by atoms with E-state index in [1.807, 2.05) is 4.90 Å². The van der Waals surface area contributed by atoms with Gasteiger partial charge in [0.25, 0.3) is 11.5 Å². The lowest BCUT2D eigenvalue weighted by molar-refractivity contribution is 0.0680. The van der Waals surface area contributed by atoms with Crippen LogP contribution in [-0.4, -0.2) is 33.2 Å². The van der Waals surface area contributed by atoms with Crippen molar-refractivity contribution >= 4 is 5.91 Å². The highest BCUT2D eigenvalue weighted by atomic mass is 16.2. The Bertz CT molecular complexity index is 605. The van der Waals surface area contributed by atoms with Gasteiger partial charge < -0.3 is 4.90 Å². The summed E-state index contributed by atoms with van der Waals surface area (Å²) in [6, 6.07) is 3.45. The SMILES string of the molecule is CCCCn1nc(C(=O)N2CCC[C@H]2C2CCCC2)ccc1=O. The van der Waals surface area contributed by atoms with Crippen LogP contribution < -0.4 is 5.56 Å². The van der Waals surface area contributed by atoms with Gasteiger partial charge in [0.05, 0.1) is 0 Å². The van der Waals surface area contributed by atoms with Crippen LogP contribution in [0.5, 0.6) is 0 Å². The van der Waals surface area contributed by atoms with E-state index in [0.29, 0.717) is 24.2 Å². The molecular weight excluding hydrogens is 290 g/mol. The number of aryl methyl sites for hydroxylation is 1. The number of rotatable bonds is 5. The van der Waals surface area contributed by atoms with Crippen molar-refractivity contribution in [3.63, 3.8) is 0 Å². The Morgan fingerprint density at radius 3 is 2.74 bits per heavy atom. The molecule has 1 amide bonds. The molecule has 5 heteroatoms. The number of unbranched alkanes of at least 4 members (excludes halogenated alkanes) is 1. The summed E-state index contributed by atoms with van der Waals surface area (Å²) >= 11 is 0. The smallest absolute Gasteiger partial charge is 0.274 e. The van der Waals surface area contributed by atoms with E-state index in [-0.39, 0.29) is 11.5 Å². The van der Waals surface area contributed by atoms with Crippen molar-refractivity contribution in [3.8, 4) is 0 Å². The zero-order valence-electron chi connectivity index (χ0n) is 14.0. The molecule has 5 nitrogen and oxygen atoms in total. The molecule has 1 aliphatic carbocycles. The zero-order chi connectivity index (χ0) is 16.2. The van der Waals surface area contributed by atoms with Crippen LogP contribution in [0.25, 0.3) is 0 Å². The molecule has 0 bridgehead atoms. The molecule has 1 aromatic heterocycles. The maximum Gasteiger partial charge on any atom is 0.274 e. The zero-order valence-corrected chi connectivity index (χ0v) is 14.0. The summed E-state index contributed by atoms with van der Waals surface area (Å²) in [4.78, 5) is 26.8. The lowest BCUT2D eigenvalue weighted by Gasteiger charge is -2.29. The fourth-order valence-corrected chi connectivity index (χ4v) is 4.06. The van der Waals surface area contributed by atoms with Gasteiger partial charge in [-0.2, -0.15) is 5.10 Å². The van der Waals surface area contributed by atoms with E-state index < -0.39 is 0 Å². The Balaban J connectivity index is 1.77. The third kappa shape index (κ3) is 3.48. The van der Waals surface area contributed by atoms with Crippen LogP contribution in [0.4, 0.5) is 0 Å². The number of hydrogen-bond donors (Lipinski definition) is 0. The van der Waals surface area contributed by atoms with E-state index in [1.165, 1.54) is 36.4 Å². The lowest BCUT2D eigenvalue weighted by Crippen LogP contribution is -2.40. The predicted molar refractivity (Wildman–Crippen MR) is 89.4 cm³/mol. The maximum atomic E-state index is 12.9. The van der Waals surface area contributed by atoms with Gasteiger partial charge in [0.2, 0.25) is 0 Å². The number of carbonyl (C=O) groups excluding carboxylic acids is 1. The van der Waals surface area contributed by atoms with Crippen molar-refractivity contribution in [2.75, 3.05) is 6.54 Å². The second kappa shape index (κ2) is 7.28. The average Bonchev–Trinajstić information content (AvgIpc) is 3.24. The molecule has 1 atom stereocenters. The number of carbonyl (C=O) groups is 1. The molecule has 1 aromatic rings. The minimum Gasteiger partial charge on any atom is -0.334 e. The number of amides is 1. The summed E-state index contributed by atoms with van der Waals surface area (Å²) in [6.07, 6.45) is 9.19. The van der Waals surface area contributed by atoms with Crippen molar-refractivity contribution in [2.45, 2.75) is 70.9 Å². The minimum absolute atomic E-state index is 0.00430. The van der Waals surface area contributed by atoms with Crippen molar-refractivity contribution < 1.29 is 4.79 Å². The molecule has 23 heavy (non-hydrogen) atoms. The van der Waals surface area contributed by atoms with E-state index in [1.54, 1.807) is 6.07 Å². The number of likely N-dealkylation sites (tertiary alicyclic amines) is 1. The first-order chi connectivity index (χ1) is 11.2. The second-order valence-corrected chi connectivity index (χ2v) is 6.89. The molecule has 0 N–H and O–H groups in total. The molecular formula is C18H27N3O2. The highest BCUT2D eigenvalue weighted by molar-refractivity contribution is 5.92. The molecule has 3 rings (SSSR count). The summed E-state index contributed by atoms with van der Waals surface area (Å²) in [5, 5.41) is 4.33. The van der Waals surface area contributed by atoms with Crippen molar-refractivity contribution in [1.29, 1.82) is 0 Å². The number of aromatic nitrogens is 2. The van der Waals surface area contributed by atoms with Gasteiger partial charge in [0.15, 0.2) is 0 Å². The minimum atomic E-state index is -0.122. The van der Waals surface area contributed by atoms with E-state index in [4.69, 9.17) is 0 Å². The van der Waals surface area contributed by atoms with Crippen LogP contribution >= 0.6 is 0 Å². The first-order valence-electron chi connectivity index (χ1n) is 9.10. The Morgan fingerprint density at radius 2 is 2.00 bits per heavy atom. The van der Waals surface area contributed by atoms with Gasteiger partial charge in [-0.3, -0.25) is 9.59 Å². The maximum absolute atomic E-state index is 12.9. The second-order valence-electron chi connectivity index (χ2n) is 6.89. The normalized spacial score (nSPS) is 22.0. The fraction of sp³-hybridized carbons (Fsp3) is 0.722.